The van der Waals surface area contributed by atoms with E-state index in [1.807, 2.05) is 0 Å². The third kappa shape index (κ3) is 4.94. The predicted octanol–water partition coefficient (Wildman–Crippen LogP) is 1.33. The molecule has 0 amide bonds. The van der Waals surface area contributed by atoms with Crippen molar-refractivity contribution in [2.75, 3.05) is 39.9 Å². The molecule has 0 aromatic rings. The summed E-state index contributed by atoms with van der Waals surface area (Å²) in [6, 6.07) is 0. The number of hydrogen-bond donors (Lipinski definition) is 1. The molecule has 1 unspecified atom stereocenters. The van der Waals surface area contributed by atoms with Crippen LogP contribution in [0.3, 0.4) is 0 Å². The molecule has 3 nitrogen and oxygen atoms in total. The quantitative estimate of drug-likeness (QED) is 0.645. The van der Waals surface area contributed by atoms with Crippen LogP contribution in [0.25, 0.3) is 0 Å². The Morgan fingerprint density at radius 1 is 1.36 bits per heavy atom. The van der Waals surface area contributed by atoms with Crippen molar-refractivity contribution in [3.63, 3.8) is 0 Å². The molecule has 0 aliphatic heterocycles. The van der Waals surface area contributed by atoms with Crippen LogP contribution in [0.1, 0.15) is 27.2 Å². The monoisotopic (exact) mass is 202 g/mol. The molecule has 0 aromatic carbocycles. The van der Waals surface area contributed by atoms with Crippen molar-refractivity contribution in [2.24, 2.45) is 11.1 Å². The van der Waals surface area contributed by atoms with Crippen LogP contribution < -0.4 is 5.73 Å². The summed E-state index contributed by atoms with van der Waals surface area (Å²) in [6.45, 7) is 11.3. The summed E-state index contributed by atoms with van der Waals surface area (Å²) >= 11 is 0. The van der Waals surface area contributed by atoms with E-state index in [0.717, 1.165) is 39.2 Å². The number of hydrogen-bond acceptors (Lipinski definition) is 3. The summed E-state index contributed by atoms with van der Waals surface area (Å²) in [5, 5.41) is 0. The van der Waals surface area contributed by atoms with Gasteiger partial charge in [0.05, 0.1) is 6.61 Å². The first kappa shape index (κ1) is 13.9. The molecule has 0 heterocycles. The Hall–Kier alpha value is -0.120. The van der Waals surface area contributed by atoms with Crippen LogP contribution in [0.4, 0.5) is 0 Å². The van der Waals surface area contributed by atoms with Gasteiger partial charge >= 0.3 is 0 Å². The first-order valence-electron chi connectivity index (χ1n) is 5.53. The Morgan fingerprint density at radius 3 is 2.36 bits per heavy atom. The number of nitrogens with two attached hydrogens (primary N) is 1. The number of methoxy groups -OCH3 is 1. The molecular formula is C11H26N2O. The van der Waals surface area contributed by atoms with Crippen molar-refractivity contribution in [2.45, 2.75) is 27.2 Å². The van der Waals surface area contributed by atoms with E-state index in [9.17, 15) is 0 Å². The van der Waals surface area contributed by atoms with E-state index in [2.05, 4.69) is 25.7 Å². The SMILES string of the molecule is CCN(CCOC)CC(C)(CC)CN. The molecule has 0 aliphatic rings. The van der Waals surface area contributed by atoms with Crippen molar-refractivity contribution >= 4 is 0 Å². The van der Waals surface area contributed by atoms with E-state index in [0.29, 0.717) is 0 Å². The minimum absolute atomic E-state index is 0.254. The summed E-state index contributed by atoms with van der Waals surface area (Å²) in [5.41, 5.74) is 6.05. The average molecular weight is 202 g/mol. The van der Waals surface area contributed by atoms with E-state index in [4.69, 9.17) is 10.5 Å². The van der Waals surface area contributed by atoms with Crippen LogP contribution in [0.2, 0.25) is 0 Å². The average Bonchev–Trinajstić information content (AvgIpc) is 2.23. The topological polar surface area (TPSA) is 38.5 Å². The van der Waals surface area contributed by atoms with Crippen molar-refractivity contribution in [1.82, 2.24) is 4.90 Å². The molecule has 0 fully saturated rings. The van der Waals surface area contributed by atoms with E-state index in [1.54, 1.807) is 7.11 Å². The second kappa shape index (κ2) is 7.21. The molecular weight excluding hydrogens is 176 g/mol. The number of rotatable bonds is 8. The Kier molecular flexibility index (Phi) is 7.15. The molecule has 0 saturated carbocycles. The lowest BCUT2D eigenvalue weighted by Crippen LogP contribution is -2.41. The fourth-order valence-electron chi connectivity index (χ4n) is 1.43. The van der Waals surface area contributed by atoms with Gasteiger partial charge in [0.15, 0.2) is 0 Å². The molecule has 0 saturated heterocycles. The Balaban J connectivity index is 4.00. The minimum Gasteiger partial charge on any atom is -0.383 e. The van der Waals surface area contributed by atoms with Crippen molar-refractivity contribution < 1.29 is 4.74 Å². The molecule has 0 spiro atoms. The molecule has 0 aromatic heterocycles. The van der Waals surface area contributed by atoms with Crippen LogP contribution in [0.15, 0.2) is 0 Å². The lowest BCUT2D eigenvalue weighted by Gasteiger charge is -2.33. The molecule has 2 N–H and O–H groups in total. The van der Waals surface area contributed by atoms with E-state index in [1.165, 1.54) is 0 Å². The highest BCUT2D eigenvalue weighted by atomic mass is 16.5. The zero-order chi connectivity index (χ0) is 11.0. The highest BCUT2D eigenvalue weighted by molar-refractivity contribution is 4.77. The van der Waals surface area contributed by atoms with E-state index in [-0.39, 0.29) is 5.41 Å². The molecule has 0 aliphatic carbocycles. The lowest BCUT2D eigenvalue weighted by molar-refractivity contribution is 0.116. The Labute approximate surface area is 88.6 Å². The molecule has 0 rings (SSSR count). The third-order valence-corrected chi connectivity index (χ3v) is 3.01. The molecule has 0 radical (unpaired) electrons. The first-order valence-corrected chi connectivity index (χ1v) is 5.53. The minimum atomic E-state index is 0.254. The molecule has 0 bridgehead atoms. The van der Waals surface area contributed by atoms with Gasteiger partial charge in [0.2, 0.25) is 0 Å². The Bertz CT molecular complexity index is 135. The van der Waals surface area contributed by atoms with Gasteiger partial charge in [-0.15, -0.1) is 0 Å². The number of likely N-dealkylation sites (N-methyl/N-ethyl adjacent to an activating group) is 1. The zero-order valence-electron chi connectivity index (χ0n) is 10.2. The lowest BCUT2D eigenvalue weighted by atomic mass is 9.87. The zero-order valence-corrected chi connectivity index (χ0v) is 10.2. The van der Waals surface area contributed by atoms with Crippen molar-refractivity contribution in [1.29, 1.82) is 0 Å². The number of nitrogens with zero attached hydrogens (tertiary/aromatic N) is 1. The fourth-order valence-corrected chi connectivity index (χ4v) is 1.43. The molecule has 14 heavy (non-hydrogen) atoms. The van der Waals surface area contributed by atoms with Gasteiger partial charge in [0, 0.05) is 20.2 Å². The first-order chi connectivity index (χ1) is 6.61. The van der Waals surface area contributed by atoms with Gasteiger partial charge in [-0.2, -0.15) is 0 Å². The van der Waals surface area contributed by atoms with Crippen LogP contribution >= 0.6 is 0 Å². The van der Waals surface area contributed by atoms with Crippen LogP contribution in [0.5, 0.6) is 0 Å². The van der Waals surface area contributed by atoms with Gasteiger partial charge in [-0.25, -0.2) is 0 Å². The van der Waals surface area contributed by atoms with Gasteiger partial charge in [-0.05, 0) is 24.9 Å². The second-order valence-electron chi connectivity index (χ2n) is 4.23. The van der Waals surface area contributed by atoms with Gasteiger partial charge in [0.1, 0.15) is 0 Å². The summed E-state index contributed by atoms with van der Waals surface area (Å²) in [7, 11) is 1.75. The predicted molar refractivity (Wildman–Crippen MR) is 61.4 cm³/mol. The standard InChI is InChI=1S/C11H26N2O/c1-5-11(3,9-12)10-13(6-2)7-8-14-4/h5-10,12H2,1-4H3. The highest BCUT2D eigenvalue weighted by Gasteiger charge is 2.22. The highest BCUT2D eigenvalue weighted by Crippen LogP contribution is 2.20. The smallest absolute Gasteiger partial charge is 0.0589 e. The van der Waals surface area contributed by atoms with Crippen molar-refractivity contribution in [3.05, 3.63) is 0 Å². The molecule has 86 valence electrons. The van der Waals surface area contributed by atoms with Gasteiger partial charge < -0.3 is 15.4 Å². The maximum atomic E-state index is 5.79. The van der Waals surface area contributed by atoms with E-state index >= 15 is 0 Å². The maximum Gasteiger partial charge on any atom is 0.0589 e. The maximum absolute atomic E-state index is 5.79. The molecule has 3 heteroatoms. The Morgan fingerprint density at radius 2 is 2.00 bits per heavy atom. The fraction of sp³-hybridized carbons (Fsp3) is 1.00. The van der Waals surface area contributed by atoms with E-state index < -0.39 is 0 Å². The summed E-state index contributed by atoms with van der Waals surface area (Å²) < 4.78 is 5.08. The second-order valence-corrected chi connectivity index (χ2v) is 4.23. The number of ether oxygens (including phenoxy) is 1. The molecule has 1 atom stereocenters. The van der Waals surface area contributed by atoms with Crippen LogP contribution in [-0.2, 0) is 4.74 Å². The summed E-state index contributed by atoms with van der Waals surface area (Å²) in [4.78, 5) is 2.40. The van der Waals surface area contributed by atoms with Crippen molar-refractivity contribution in [3.8, 4) is 0 Å². The van der Waals surface area contributed by atoms with Gasteiger partial charge in [-0.1, -0.05) is 20.8 Å². The normalized spacial score (nSPS) is 15.9. The summed E-state index contributed by atoms with van der Waals surface area (Å²) in [6.07, 6.45) is 1.13. The van der Waals surface area contributed by atoms with Crippen LogP contribution in [0, 0.1) is 5.41 Å². The van der Waals surface area contributed by atoms with Gasteiger partial charge in [0.25, 0.3) is 0 Å². The van der Waals surface area contributed by atoms with Gasteiger partial charge in [-0.3, -0.25) is 0 Å². The third-order valence-electron chi connectivity index (χ3n) is 3.01. The largest absolute Gasteiger partial charge is 0.383 e. The van der Waals surface area contributed by atoms with Crippen LogP contribution in [-0.4, -0.2) is 44.8 Å². The summed E-state index contributed by atoms with van der Waals surface area (Å²) in [5.74, 6) is 0.